The zero-order valence-corrected chi connectivity index (χ0v) is 22.5. The molecule has 0 radical (unpaired) electrons. The predicted molar refractivity (Wildman–Crippen MR) is 148 cm³/mol. The molecule has 1 N–H and O–H groups in total. The molecule has 0 aliphatic heterocycles. The van der Waals surface area contributed by atoms with Crippen LogP contribution in [0.5, 0.6) is 0 Å². The van der Waals surface area contributed by atoms with E-state index >= 15 is 0 Å². The Labute approximate surface area is 218 Å². The van der Waals surface area contributed by atoms with Gasteiger partial charge in [0, 0.05) is 54.8 Å². The smallest absolute Gasteiger partial charge is 0.253 e. The first-order valence-electron chi connectivity index (χ1n) is 12.1. The monoisotopic (exact) mass is 517 g/mol. The Morgan fingerprint density at radius 3 is 2.16 bits per heavy atom. The molecule has 4 rings (SSSR count). The third-order valence-corrected chi connectivity index (χ3v) is 8.31. The summed E-state index contributed by atoms with van der Waals surface area (Å²) >= 11 is 0. The van der Waals surface area contributed by atoms with E-state index in [0.29, 0.717) is 41.3 Å². The van der Waals surface area contributed by atoms with Crippen LogP contribution in [0.1, 0.15) is 29.8 Å². The molecule has 1 amide bonds. The molecule has 0 aliphatic rings. The van der Waals surface area contributed by atoms with Gasteiger partial charge in [0.15, 0.2) is 5.82 Å². The molecule has 4 aromatic rings. The van der Waals surface area contributed by atoms with Crippen LogP contribution >= 0.6 is 0 Å². The van der Waals surface area contributed by atoms with Crippen molar-refractivity contribution in [2.45, 2.75) is 25.7 Å². The van der Waals surface area contributed by atoms with E-state index in [4.69, 9.17) is 0 Å². The second-order valence-electron chi connectivity index (χ2n) is 8.89. The second-order valence-corrected chi connectivity index (χ2v) is 11.0. The number of carbonyl (C=O) groups excluding carboxylic acids is 1. The fraction of sp³-hybridized carbons (Fsp3) is 0.250. The highest BCUT2D eigenvalue weighted by Gasteiger charge is 2.21. The first-order chi connectivity index (χ1) is 17.7. The summed E-state index contributed by atoms with van der Waals surface area (Å²) in [6.45, 7) is 7.02. The van der Waals surface area contributed by atoms with E-state index in [0.717, 1.165) is 16.5 Å². The van der Waals surface area contributed by atoms with Crippen LogP contribution in [0.15, 0.2) is 71.6 Å². The highest BCUT2D eigenvalue weighted by molar-refractivity contribution is 7.89. The van der Waals surface area contributed by atoms with Crippen molar-refractivity contribution in [2.24, 2.45) is 0 Å². The van der Waals surface area contributed by atoms with Gasteiger partial charge in [-0.15, -0.1) is 10.2 Å². The Bertz CT molecular complexity index is 1550. The summed E-state index contributed by atoms with van der Waals surface area (Å²) in [5.74, 6) is 0.565. The van der Waals surface area contributed by atoms with Crippen molar-refractivity contribution in [3.8, 4) is 11.3 Å². The van der Waals surface area contributed by atoms with Crippen LogP contribution in [-0.2, 0) is 10.0 Å². The van der Waals surface area contributed by atoms with Gasteiger partial charge in [0.05, 0.1) is 4.90 Å². The summed E-state index contributed by atoms with van der Waals surface area (Å²) in [6.07, 6.45) is 0. The van der Waals surface area contributed by atoms with E-state index in [1.54, 1.807) is 36.1 Å². The molecule has 0 aliphatic carbocycles. The quantitative estimate of drug-likeness (QED) is 0.350. The van der Waals surface area contributed by atoms with Gasteiger partial charge in [-0.1, -0.05) is 36.4 Å². The van der Waals surface area contributed by atoms with Gasteiger partial charge < -0.3 is 10.2 Å². The van der Waals surface area contributed by atoms with E-state index in [1.807, 2.05) is 56.3 Å². The van der Waals surface area contributed by atoms with Crippen molar-refractivity contribution >= 4 is 38.2 Å². The molecule has 1 aromatic heterocycles. The molecular formula is C28H31N5O3S. The summed E-state index contributed by atoms with van der Waals surface area (Å²) in [5.41, 5.74) is 3.33. The number of amides is 1. The number of hydrogen-bond acceptors (Lipinski definition) is 6. The Hall–Kier alpha value is -3.82. The Morgan fingerprint density at radius 1 is 0.892 bits per heavy atom. The summed E-state index contributed by atoms with van der Waals surface area (Å²) < 4.78 is 26.9. The van der Waals surface area contributed by atoms with Gasteiger partial charge in [-0.2, -0.15) is 0 Å². The maximum absolute atomic E-state index is 12.9. The van der Waals surface area contributed by atoms with E-state index in [9.17, 15) is 13.2 Å². The molecule has 0 saturated carbocycles. The fourth-order valence-corrected chi connectivity index (χ4v) is 5.30. The fourth-order valence-electron chi connectivity index (χ4n) is 4.16. The molecule has 0 spiro atoms. The van der Waals surface area contributed by atoms with Crippen LogP contribution in [0.2, 0.25) is 0 Å². The van der Waals surface area contributed by atoms with Crippen molar-refractivity contribution in [1.82, 2.24) is 19.4 Å². The van der Waals surface area contributed by atoms with Crippen molar-refractivity contribution in [2.75, 3.05) is 32.5 Å². The predicted octanol–water partition coefficient (Wildman–Crippen LogP) is 5.08. The average molecular weight is 518 g/mol. The lowest BCUT2D eigenvalue weighted by Crippen LogP contribution is -2.30. The topological polar surface area (TPSA) is 95.5 Å². The number of carbonyl (C=O) groups is 1. The number of fused-ring (bicyclic) bond motifs is 1. The van der Waals surface area contributed by atoms with Crippen molar-refractivity contribution in [3.63, 3.8) is 0 Å². The van der Waals surface area contributed by atoms with E-state index in [-0.39, 0.29) is 10.8 Å². The molecular weight excluding hydrogens is 486 g/mol. The lowest BCUT2D eigenvalue weighted by molar-refractivity contribution is 0.0773. The number of anilines is 2. The van der Waals surface area contributed by atoms with Crippen molar-refractivity contribution in [1.29, 1.82) is 0 Å². The number of benzene rings is 3. The number of rotatable bonds is 8. The minimum atomic E-state index is -3.61. The molecule has 3 aromatic carbocycles. The van der Waals surface area contributed by atoms with E-state index < -0.39 is 10.0 Å². The first kappa shape index (κ1) is 26.2. The number of hydrogen-bond donors (Lipinski definition) is 1. The third-order valence-electron chi connectivity index (χ3n) is 6.35. The van der Waals surface area contributed by atoms with Gasteiger partial charge in [0.25, 0.3) is 5.91 Å². The number of nitrogens with one attached hydrogen (secondary N) is 1. The minimum absolute atomic E-state index is 0.0000995. The normalized spacial score (nSPS) is 11.6. The molecule has 9 heteroatoms. The zero-order chi connectivity index (χ0) is 26.7. The molecule has 8 nitrogen and oxygen atoms in total. The maximum atomic E-state index is 12.9. The third kappa shape index (κ3) is 5.19. The van der Waals surface area contributed by atoms with Crippen LogP contribution in [0, 0.1) is 6.92 Å². The molecule has 0 bridgehead atoms. The minimum Gasteiger partial charge on any atom is -0.339 e. The average Bonchev–Trinajstić information content (AvgIpc) is 2.90. The van der Waals surface area contributed by atoms with Crippen molar-refractivity contribution in [3.05, 3.63) is 77.9 Å². The SMILES string of the molecule is CCN(CC)C(=O)c1ccc(Nc2nnc(-c3ccc(C)c(S(=O)(=O)N(C)C)c3)c3ccccc23)cc1. The first-order valence-corrected chi connectivity index (χ1v) is 13.6. The van der Waals surface area contributed by atoms with Gasteiger partial charge in [-0.3, -0.25) is 4.79 Å². The zero-order valence-electron chi connectivity index (χ0n) is 21.7. The van der Waals surface area contributed by atoms with Gasteiger partial charge in [0.1, 0.15) is 5.69 Å². The number of aromatic nitrogens is 2. The number of aryl methyl sites for hydroxylation is 1. The maximum Gasteiger partial charge on any atom is 0.253 e. The van der Waals surface area contributed by atoms with E-state index in [1.165, 1.54) is 18.4 Å². The van der Waals surface area contributed by atoms with Gasteiger partial charge in [-0.25, -0.2) is 12.7 Å². The van der Waals surface area contributed by atoms with Crippen molar-refractivity contribution < 1.29 is 13.2 Å². The molecule has 0 atom stereocenters. The van der Waals surface area contributed by atoms with Crippen LogP contribution < -0.4 is 5.32 Å². The van der Waals surface area contributed by atoms with Gasteiger partial charge >= 0.3 is 0 Å². The number of nitrogens with zero attached hydrogens (tertiary/aromatic N) is 4. The number of sulfonamides is 1. The molecule has 0 fully saturated rings. The van der Waals surface area contributed by atoms with Crippen LogP contribution in [0.25, 0.3) is 22.0 Å². The van der Waals surface area contributed by atoms with E-state index in [2.05, 4.69) is 15.5 Å². The highest BCUT2D eigenvalue weighted by atomic mass is 32.2. The van der Waals surface area contributed by atoms with Gasteiger partial charge in [-0.05, 0) is 56.7 Å². The molecule has 1 heterocycles. The Kier molecular flexibility index (Phi) is 7.56. The largest absolute Gasteiger partial charge is 0.339 e. The summed E-state index contributed by atoms with van der Waals surface area (Å²) in [5, 5.41) is 13.9. The van der Waals surface area contributed by atoms with Gasteiger partial charge in [0.2, 0.25) is 10.0 Å². The molecule has 37 heavy (non-hydrogen) atoms. The standard InChI is InChI=1S/C28H31N5O3S/c1-6-33(7-2)28(34)20-14-16-22(17-15-20)29-27-24-11-9-8-10-23(24)26(30-31-27)21-13-12-19(3)25(18-21)37(35,36)32(4)5/h8-18H,6-7H2,1-5H3,(H,29,31). The lowest BCUT2D eigenvalue weighted by atomic mass is 10.0. The Morgan fingerprint density at radius 2 is 1.54 bits per heavy atom. The lowest BCUT2D eigenvalue weighted by Gasteiger charge is -2.18. The summed E-state index contributed by atoms with van der Waals surface area (Å²) in [6, 6.07) is 20.3. The Balaban J connectivity index is 1.71. The summed E-state index contributed by atoms with van der Waals surface area (Å²) in [7, 11) is -0.579. The van der Waals surface area contributed by atoms with Crippen LogP contribution in [0.3, 0.4) is 0 Å². The van der Waals surface area contributed by atoms with Crippen LogP contribution in [0.4, 0.5) is 11.5 Å². The highest BCUT2D eigenvalue weighted by Crippen LogP contribution is 2.33. The summed E-state index contributed by atoms with van der Waals surface area (Å²) in [4.78, 5) is 14.6. The molecule has 0 saturated heterocycles. The molecule has 0 unspecified atom stereocenters. The molecule has 192 valence electrons. The second kappa shape index (κ2) is 10.7. The van der Waals surface area contributed by atoms with Crippen LogP contribution in [-0.4, -0.2) is 60.9 Å².